The Kier molecular flexibility index (Phi) is 4.82. The van der Waals surface area contributed by atoms with E-state index >= 15 is 0 Å². The lowest BCUT2D eigenvalue weighted by molar-refractivity contribution is -0.148. The molecule has 22 heavy (non-hydrogen) atoms. The van der Waals surface area contributed by atoms with E-state index < -0.39 is 5.97 Å². The molecule has 1 saturated carbocycles. The predicted octanol–water partition coefficient (Wildman–Crippen LogP) is 2.36. The van der Waals surface area contributed by atoms with Gasteiger partial charge in [0.1, 0.15) is 6.61 Å². The number of rotatable bonds is 6. The van der Waals surface area contributed by atoms with Crippen LogP contribution in [0, 0.1) is 0 Å². The zero-order valence-corrected chi connectivity index (χ0v) is 13.7. The van der Waals surface area contributed by atoms with E-state index in [1.54, 1.807) is 18.4 Å². The van der Waals surface area contributed by atoms with Gasteiger partial charge in [0.05, 0.1) is 11.7 Å². The van der Waals surface area contributed by atoms with E-state index in [-0.39, 0.29) is 18.3 Å². The van der Waals surface area contributed by atoms with E-state index in [9.17, 15) is 4.79 Å². The summed E-state index contributed by atoms with van der Waals surface area (Å²) in [6.45, 7) is 1.77. The molecule has 6 heteroatoms. The number of likely N-dealkylation sites (tertiary alicyclic amines) is 1. The molecule has 0 radical (unpaired) electrons. The molecule has 1 aliphatic heterocycles. The number of carbonyl (C=O) groups is 1. The van der Waals surface area contributed by atoms with Gasteiger partial charge < -0.3 is 14.6 Å². The SMILES string of the molecule is CO[C@@]12CCC(OCC(=O)O)CC1N(Cc1cccs1)CC2. The van der Waals surface area contributed by atoms with Crippen LogP contribution in [-0.4, -0.2) is 54.0 Å². The molecule has 0 amide bonds. The first-order valence-corrected chi connectivity index (χ1v) is 8.66. The maximum atomic E-state index is 10.7. The van der Waals surface area contributed by atoms with Crippen LogP contribution in [0.15, 0.2) is 17.5 Å². The van der Waals surface area contributed by atoms with Crippen LogP contribution in [0.4, 0.5) is 0 Å². The molecular formula is C16H23NO4S. The molecule has 0 bridgehead atoms. The first-order chi connectivity index (χ1) is 10.6. The fourth-order valence-electron chi connectivity index (χ4n) is 3.89. The molecule has 2 heterocycles. The van der Waals surface area contributed by atoms with Crippen LogP contribution in [0.5, 0.6) is 0 Å². The summed E-state index contributed by atoms with van der Waals surface area (Å²) in [5.41, 5.74) is -0.0830. The van der Waals surface area contributed by atoms with Crippen molar-refractivity contribution in [1.29, 1.82) is 0 Å². The van der Waals surface area contributed by atoms with Gasteiger partial charge in [-0.3, -0.25) is 4.90 Å². The smallest absolute Gasteiger partial charge is 0.329 e. The van der Waals surface area contributed by atoms with Crippen LogP contribution in [0.3, 0.4) is 0 Å². The van der Waals surface area contributed by atoms with Crippen molar-refractivity contribution in [3.8, 4) is 0 Å². The van der Waals surface area contributed by atoms with E-state index in [0.29, 0.717) is 6.04 Å². The van der Waals surface area contributed by atoms with Gasteiger partial charge in [-0.05, 0) is 37.1 Å². The zero-order valence-electron chi connectivity index (χ0n) is 12.9. The number of fused-ring (bicyclic) bond motifs is 1. The van der Waals surface area contributed by atoms with Gasteiger partial charge in [0, 0.05) is 31.1 Å². The molecule has 3 rings (SSSR count). The topological polar surface area (TPSA) is 59.0 Å². The van der Waals surface area contributed by atoms with Crippen molar-refractivity contribution >= 4 is 17.3 Å². The quantitative estimate of drug-likeness (QED) is 0.870. The van der Waals surface area contributed by atoms with Crippen molar-refractivity contribution in [2.24, 2.45) is 0 Å². The van der Waals surface area contributed by atoms with E-state index in [0.717, 1.165) is 38.8 Å². The summed E-state index contributed by atoms with van der Waals surface area (Å²) in [5.74, 6) is -0.898. The summed E-state index contributed by atoms with van der Waals surface area (Å²) >= 11 is 1.78. The molecule has 1 aromatic rings. The number of hydrogen-bond acceptors (Lipinski definition) is 5. The van der Waals surface area contributed by atoms with Crippen molar-refractivity contribution in [2.45, 2.75) is 50.0 Å². The molecule has 1 aliphatic carbocycles. The van der Waals surface area contributed by atoms with Crippen molar-refractivity contribution in [3.63, 3.8) is 0 Å². The Balaban J connectivity index is 1.68. The van der Waals surface area contributed by atoms with Gasteiger partial charge in [-0.25, -0.2) is 4.79 Å². The number of thiophene rings is 1. The zero-order chi connectivity index (χ0) is 15.6. The monoisotopic (exact) mass is 325 g/mol. The van der Waals surface area contributed by atoms with Crippen LogP contribution in [-0.2, 0) is 20.8 Å². The minimum Gasteiger partial charge on any atom is -0.480 e. The Morgan fingerprint density at radius 2 is 2.41 bits per heavy atom. The van der Waals surface area contributed by atoms with Gasteiger partial charge in [0.15, 0.2) is 0 Å². The normalized spacial score (nSPS) is 32.0. The highest BCUT2D eigenvalue weighted by atomic mass is 32.1. The van der Waals surface area contributed by atoms with Crippen LogP contribution < -0.4 is 0 Å². The Morgan fingerprint density at radius 1 is 1.55 bits per heavy atom. The lowest BCUT2D eigenvalue weighted by Crippen LogP contribution is -2.51. The molecule has 2 unspecified atom stereocenters. The Bertz CT molecular complexity index is 506. The van der Waals surface area contributed by atoms with Gasteiger partial charge in [-0.2, -0.15) is 0 Å². The largest absolute Gasteiger partial charge is 0.480 e. The average Bonchev–Trinajstić information content (AvgIpc) is 3.14. The van der Waals surface area contributed by atoms with Gasteiger partial charge in [-0.15, -0.1) is 11.3 Å². The summed E-state index contributed by atoms with van der Waals surface area (Å²) < 4.78 is 11.5. The third kappa shape index (κ3) is 3.20. The minimum atomic E-state index is -0.898. The van der Waals surface area contributed by atoms with Crippen molar-refractivity contribution < 1.29 is 19.4 Å². The van der Waals surface area contributed by atoms with Gasteiger partial charge in [-0.1, -0.05) is 6.07 Å². The van der Waals surface area contributed by atoms with Crippen LogP contribution in [0.25, 0.3) is 0 Å². The van der Waals surface area contributed by atoms with Crippen molar-refractivity contribution in [2.75, 3.05) is 20.3 Å². The molecule has 122 valence electrons. The molecule has 2 fully saturated rings. The first kappa shape index (κ1) is 15.9. The second-order valence-electron chi connectivity index (χ2n) is 6.19. The Morgan fingerprint density at radius 3 is 3.09 bits per heavy atom. The molecular weight excluding hydrogens is 302 g/mol. The molecule has 1 aromatic heterocycles. The Labute approximate surface area is 134 Å². The minimum absolute atomic E-state index is 0.0216. The standard InChI is InChI=1S/C16H23NO4S/c1-20-16-5-4-12(21-11-15(18)19)9-14(16)17(7-6-16)10-13-3-2-8-22-13/h2-3,8,12,14H,4-7,9-11H2,1H3,(H,18,19)/t12?,14?,16-/m1/s1. The van der Waals surface area contributed by atoms with E-state index in [4.69, 9.17) is 14.6 Å². The van der Waals surface area contributed by atoms with Crippen molar-refractivity contribution in [3.05, 3.63) is 22.4 Å². The highest BCUT2D eigenvalue weighted by Gasteiger charge is 2.51. The number of ether oxygens (including phenoxy) is 2. The fraction of sp³-hybridized carbons (Fsp3) is 0.688. The molecule has 5 nitrogen and oxygen atoms in total. The third-order valence-corrected chi connectivity index (χ3v) is 5.90. The number of nitrogens with zero attached hydrogens (tertiary/aromatic N) is 1. The van der Waals surface area contributed by atoms with E-state index in [1.165, 1.54) is 4.88 Å². The number of carboxylic acids is 1. The second-order valence-corrected chi connectivity index (χ2v) is 7.22. The van der Waals surface area contributed by atoms with Crippen LogP contribution in [0.2, 0.25) is 0 Å². The van der Waals surface area contributed by atoms with Crippen molar-refractivity contribution in [1.82, 2.24) is 4.90 Å². The van der Waals surface area contributed by atoms with E-state index in [1.807, 2.05) is 0 Å². The summed E-state index contributed by atoms with van der Waals surface area (Å²) in [4.78, 5) is 14.5. The number of hydrogen-bond donors (Lipinski definition) is 1. The van der Waals surface area contributed by atoms with Crippen LogP contribution in [0.1, 0.15) is 30.6 Å². The highest BCUT2D eigenvalue weighted by molar-refractivity contribution is 7.09. The summed E-state index contributed by atoms with van der Waals surface area (Å²) in [5, 5.41) is 10.9. The molecule has 0 aromatic carbocycles. The number of aliphatic carboxylic acids is 1. The average molecular weight is 325 g/mol. The Hall–Kier alpha value is -0.950. The molecule has 2 aliphatic rings. The third-order valence-electron chi connectivity index (χ3n) is 5.03. The van der Waals surface area contributed by atoms with Crippen LogP contribution >= 0.6 is 11.3 Å². The summed E-state index contributed by atoms with van der Waals surface area (Å²) in [6.07, 6.45) is 3.75. The number of methoxy groups -OCH3 is 1. The lowest BCUT2D eigenvalue weighted by Gasteiger charge is -2.43. The van der Waals surface area contributed by atoms with Gasteiger partial charge in [0.25, 0.3) is 0 Å². The predicted molar refractivity (Wildman–Crippen MR) is 84.1 cm³/mol. The van der Waals surface area contributed by atoms with Gasteiger partial charge >= 0.3 is 5.97 Å². The number of carboxylic acid groups (broad SMARTS) is 1. The molecule has 1 N–H and O–H groups in total. The fourth-order valence-corrected chi connectivity index (χ4v) is 4.62. The maximum Gasteiger partial charge on any atom is 0.329 e. The summed E-state index contributed by atoms with van der Waals surface area (Å²) in [7, 11) is 1.81. The summed E-state index contributed by atoms with van der Waals surface area (Å²) in [6, 6.07) is 4.56. The first-order valence-electron chi connectivity index (χ1n) is 7.78. The second kappa shape index (κ2) is 6.66. The highest BCUT2D eigenvalue weighted by Crippen LogP contribution is 2.43. The molecule has 0 spiro atoms. The van der Waals surface area contributed by atoms with Gasteiger partial charge in [0.2, 0.25) is 0 Å². The lowest BCUT2D eigenvalue weighted by atomic mass is 9.79. The molecule has 3 atom stereocenters. The van der Waals surface area contributed by atoms with E-state index in [2.05, 4.69) is 22.4 Å². The molecule has 1 saturated heterocycles. The maximum absolute atomic E-state index is 10.7.